The standard InChI is InChI=1S/C29H32N4O3.C2H3N/c1-17(34)29(2)13-24-25(14-29)31-32-26(24)20-10-11-23-21(12-20)16-33(28(23)36)15-18-6-8-19(9-7-18)27(35)30-22-4-3-5-22;1-2-3/h6-12,17,22,34H,3-5,13-16H2,1-2H3,(H,30,35)(H,31,32);1H3/t17?,29-;/m1./s1. The number of amides is 2. The fourth-order valence-corrected chi connectivity index (χ4v) is 5.60. The number of benzene rings is 2. The van der Waals surface area contributed by atoms with E-state index in [-0.39, 0.29) is 17.2 Å². The van der Waals surface area contributed by atoms with Crippen molar-refractivity contribution >= 4 is 11.8 Å². The predicted molar refractivity (Wildman–Crippen MR) is 148 cm³/mol. The molecule has 8 nitrogen and oxygen atoms in total. The molecule has 2 aliphatic carbocycles. The largest absolute Gasteiger partial charge is 0.393 e. The molecule has 39 heavy (non-hydrogen) atoms. The third-order valence-electron chi connectivity index (χ3n) is 8.41. The maximum atomic E-state index is 13.1. The van der Waals surface area contributed by atoms with Crippen LogP contribution >= 0.6 is 0 Å². The molecule has 1 aliphatic heterocycles. The molecule has 0 radical (unpaired) electrons. The van der Waals surface area contributed by atoms with Crippen molar-refractivity contribution in [2.24, 2.45) is 5.41 Å². The number of fused-ring (bicyclic) bond motifs is 2. The van der Waals surface area contributed by atoms with Crippen LogP contribution in [-0.4, -0.2) is 44.2 Å². The second-order valence-electron chi connectivity index (χ2n) is 11.3. The minimum Gasteiger partial charge on any atom is -0.393 e. The van der Waals surface area contributed by atoms with Crippen LogP contribution in [-0.2, 0) is 25.9 Å². The highest BCUT2D eigenvalue weighted by molar-refractivity contribution is 5.99. The Labute approximate surface area is 229 Å². The molecule has 8 heteroatoms. The van der Waals surface area contributed by atoms with Crippen molar-refractivity contribution in [1.82, 2.24) is 20.4 Å². The van der Waals surface area contributed by atoms with E-state index in [0.717, 1.165) is 59.3 Å². The lowest BCUT2D eigenvalue weighted by molar-refractivity contribution is 0.0596. The number of nitriles is 1. The van der Waals surface area contributed by atoms with Gasteiger partial charge in [-0.05, 0) is 74.4 Å². The third-order valence-corrected chi connectivity index (χ3v) is 8.41. The van der Waals surface area contributed by atoms with Gasteiger partial charge in [0.15, 0.2) is 0 Å². The molecule has 0 spiro atoms. The zero-order valence-corrected chi connectivity index (χ0v) is 22.8. The maximum absolute atomic E-state index is 13.1. The van der Waals surface area contributed by atoms with E-state index < -0.39 is 6.10 Å². The number of rotatable bonds is 6. The van der Waals surface area contributed by atoms with Gasteiger partial charge >= 0.3 is 0 Å². The molecule has 0 saturated heterocycles. The van der Waals surface area contributed by atoms with E-state index in [1.54, 1.807) is 6.07 Å². The Balaban J connectivity index is 0.000000983. The van der Waals surface area contributed by atoms with E-state index in [9.17, 15) is 14.7 Å². The fraction of sp³-hybridized carbons (Fsp3) is 0.419. The molecule has 1 unspecified atom stereocenters. The van der Waals surface area contributed by atoms with Crippen LogP contribution < -0.4 is 5.32 Å². The molecule has 2 amide bonds. The summed E-state index contributed by atoms with van der Waals surface area (Å²) in [5.74, 6) is -0.000615. The molecule has 3 aromatic rings. The molecule has 2 atom stereocenters. The zero-order chi connectivity index (χ0) is 27.7. The molecule has 1 aromatic heterocycles. The summed E-state index contributed by atoms with van der Waals surface area (Å²) in [6.07, 6.45) is 4.47. The van der Waals surface area contributed by atoms with E-state index in [1.807, 2.05) is 48.2 Å². The summed E-state index contributed by atoms with van der Waals surface area (Å²) < 4.78 is 0. The van der Waals surface area contributed by atoms with Crippen LogP contribution in [0.25, 0.3) is 11.3 Å². The molecule has 3 aliphatic rings. The highest BCUT2D eigenvalue weighted by atomic mass is 16.3. The summed E-state index contributed by atoms with van der Waals surface area (Å²) >= 11 is 0. The first-order valence-electron chi connectivity index (χ1n) is 13.6. The quantitative estimate of drug-likeness (QED) is 0.436. The summed E-state index contributed by atoms with van der Waals surface area (Å²) in [6.45, 7) is 6.44. The number of H-pyrrole nitrogens is 1. The van der Waals surface area contributed by atoms with Gasteiger partial charge in [-0.15, -0.1) is 0 Å². The number of carbonyl (C=O) groups excluding carboxylic acids is 2. The Bertz CT molecular complexity index is 1430. The first kappa shape index (κ1) is 26.6. The smallest absolute Gasteiger partial charge is 0.254 e. The molecule has 1 saturated carbocycles. The van der Waals surface area contributed by atoms with Gasteiger partial charge in [0.25, 0.3) is 11.8 Å². The lowest BCUT2D eigenvalue weighted by Gasteiger charge is -2.27. The number of aromatic nitrogens is 2. The van der Waals surface area contributed by atoms with E-state index in [2.05, 4.69) is 28.5 Å². The van der Waals surface area contributed by atoms with Crippen LogP contribution in [0.4, 0.5) is 0 Å². The number of aromatic amines is 1. The first-order chi connectivity index (χ1) is 18.7. The van der Waals surface area contributed by atoms with Gasteiger partial charge in [0.1, 0.15) is 0 Å². The van der Waals surface area contributed by atoms with E-state index in [4.69, 9.17) is 5.26 Å². The number of carbonyl (C=O) groups is 2. The predicted octanol–water partition coefficient (Wildman–Crippen LogP) is 4.53. The number of aliphatic hydroxyl groups excluding tert-OH is 1. The van der Waals surface area contributed by atoms with E-state index in [0.29, 0.717) is 24.7 Å². The van der Waals surface area contributed by atoms with Gasteiger partial charge in [-0.25, -0.2) is 0 Å². The molecule has 202 valence electrons. The monoisotopic (exact) mass is 525 g/mol. The molecule has 2 heterocycles. The molecule has 6 rings (SSSR count). The zero-order valence-electron chi connectivity index (χ0n) is 22.8. The van der Waals surface area contributed by atoms with Crippen molar-refractivity contribution in [3.8, 4) is 17.3 Å². The van der Waals surface area contributed by atoms with Gasteiger partial charge in [0.05, 0.1) is 17.9 Å². The Morgan fingerprint density at radius 1 is 1.26 bits per heavy atom. The summed E-state index contributed by atoms with van der Waals surface area (Å²) in [6, 6.07) is 15.6. The van der Waals surface area contributed by atoms with Crippen LogP contribution in [0.2, 0.25) is 0 Å². The van der Waals surface area contributed by atoms with Gasteiger partial charge in [-0.3, -0.25) is 14.7 Å². The summed E-state index contributed by atoms with van der Waals surface area (Å²) in [4.78, 5) is 27.3. The van der Waals surface area contributed by atoms with Crippen molar-refractivity contribution in [2.75, 3.05) is 0 Å². The number of aliphatic hydroxyl groups is 1. The van der Waals surface area contributed by atoms with E-state index in [1.165, 1.54) is 18.9 Å². The minimum absolute atomic E-state index is 0.0253. The Morgan fingerprint density at radius 2 is 1.97 bits per heavy atom. The van der Waals surface area contributed by atoms with Crippen molar-refractivity contribution < 1.29 is 14.7 Å². The van der Waals surface area contributed by atoms with E-state index >= 15 is 0 Å². The SMILES string of the molecule is CC#N.CC(O)[C@@]1(C)Cc2[nH]nc(-c3ccc4c(c3)CN(Cc3ccc(C(=O)NC5CCC5)cc3)C4=O)c2C1. The maximum Gasteiger partial charge on any atom is 0.254 e. The van der Waals surface area contributed by atoms with Gasteiger partial charge in [0, 0.05) is 59.4 Å². The normalized spacial score (nSPS) is 20.3. The Morgan fingerprint density at radius 3 is 2.62 bits per heavy atom. The fourth-order valence-electron chi connectivity index (χ4n) is 5.60. The second-order valence-corrected chi connectivity index (χ2v) is 11.3. The van der Waals surface area contributed by atoms with Crippen LogP contribution in [0.15, 0.2) is 42.5 Å². The van der Waals surface area contributed by atoms with Gasteiger partial charge in [-0.2, -0.15) is 10.4 Å². The lowest BCUT2D eigenvalue weighted by Crippen LogP contribution is -2.39. The van der Waals surface area contributed by atoms with Gasteiger partial charge < -0.3 is 15.3 Å². The third kappa shape index (κ3) is 5.19. The Kier molecular flexibility index (Phi) is 7.28. The number of hydrogen-bond donors (Lipinski definition) is 3. The average molecular weight is 526 g/mol. The number of hydrogen-bond acceptors (Lipinski definition) is 5. The summed E-state index contributed by atoms with van der Waals surface area (Å²) in [5, 5.41) is 28.4. The van der Waals surface area contributed by atoms with Crippen molar-refractivity contribution in [3.63, 3.8) is 0 Å². The second kappa shape index (κ2) is 10.7. The molecule has 3 N–H and O–H groups in total. The first-order valence-corrected chi connectivity index (χ1v) is 13.6. The van der Waals surface area contributed by atoms with Crippen molar-refractivity contribution in [3.05, 3.63) is 76.0 Å². The van der Waals surface area contributed by atoms with Gasteiger partial charge in [0.2, 0.25) is 0 Å². The van der Waals surface area contributed by atoms with Gasteiger partial charge in [-0.1, -0.05) is 25.1 Å². The molecule has 2 aromatic carbocycles. The highest BCUT2D eigenvalue weighted by Gasteiger charge is 2.40. The summed E-state index contributed by atoms with van der Waals surface area (Å²) in [7, 11) is 0. The van der Waals surface area contributed by atoms with Crippen LogP contribution in [0.1, 0.15) is 83.1 Å². The van der Waals surface area contributed by atoms with Crippen LogP contribution in [0.3, 0.4) is 0 Å². The molecule has 1 fully saturated rings. The number of nitrogens with zero attached hydrogens (tertiary/aromatic N) is 3. The minimum atomic E-state index is -0.399. The van der Waals surface area contributed by atoms with Crippen molar-refractivity contribution in [2.45, 2.75) is 78.1 Å². The molecular formula is C31H35N5O3. The summed E-state index contributed by atoms with van der Waals surface area (Å²) in [5.41, 5.74) is 7.38. The molecule has 0 bridgehead atoms. The van der Waals surface area contributed by atoms with Crippen LogP contribution in [0, 0.1) is 16.7 Å². The average Bonchev–Trinajstić information content (AvgIpc) is 3.53. The molecular weight excluding hydrogens is 490 g/mol. The Hall–Kier alpha value is -3.96. The van der Waals surface area contributed by atoms with Crippen molar-refractivity contribution in [1.29, 1.82) is 5.26 Å². The highest BCUT2D eigenvalue weighted by Crippen LogP contribution is 2.42. The van der Waals surface area contributed by atoms with Crippen LogP contribution in [0.5, 0.6) is 0 Å². The topological polar surface area (TPSA) is 122 Å². The lowest BCUT2D eigenvalue weighted by atomic mass is 9.82. The number of nitrogens with one attached hydrogen (secondary N) is 2.